The highest BCUT2D eigenvalue weighted by Crippen LogP contribution is 2.31. The molecule has 0 aliphatic rings. The molecule has 10 heteroatoms. The second-order valence-corrected chi connectivity index (χ2v) is 6.69. The highest BCUT2D eigenvalue weighted by atomic mass is 35.5. The summed E-state index contributed by atoms with van der Waals surface area (Å²) < 4.78 is 4.96. The van der Waals surface area contributed by atoms with Gasteiger partial charge in [0.05, 0.1) is 34.6 Å². The molecule has 0 aliphatic carbocycles. The molecule has 4 aromatic rings. The number of nitrogens with zero attached hydrogens (tertiary/aromatic N) is 3. The molecule has 3 N–H and O–H groups in total. The van der Waals surface area contributed by atoms with Crippen molar-refractivity contribution in [2.75, 3.05) is 25.2 Å². The molecule has 2 aromatic carbocycles. The van der Waals surface area contributed by atoms with Gasteiger partial charge in [-0.1, -0.05) is 23.7 Å². The van der Waals surface area contributed by atoms with E-state index < -0.39 is 6.09 Å². The number of H-pyrrole nitrogens is 2. The summed E-state index contributed by atoms with van der Waals surface area (Å²) >= 11 is 6.33. The van der Waals surface area contributed by atoms with Crippen LogP contribution < -0.4 is 10.5 Å². The van der Waals surface area contributed by atoms with Crippen molar-refractivity contribution in [1.82, 2.24) is 20.2 Å². The first-order valence-corrected chi connectivity index (χ1v) is 9.04. The van der Waals surface area contributed by atoms with Crippen LogP contribution in [0.5, 0.6) is 0 Å². The third-order valence-corrected chi connectivity index (χ3v) is 4.83. The Balaban J connectivity index is 1.83. The molecule has 0 aliphatic heterocycles. The molecule has 0 unspecified atom stereocenters. The number of amides is 1. The van der Waals surface area contributed by atoms with E-state index in [1.807, 2.05) is 0 Å². The van der Waals surface area contributed by atoms with E-state index in [2.05, 4.69) is 20.2 Å². The van der Waals surface area contributed by atoms with Gasteiger partial charge in [-0.3, -0.25) is 4.79 Å². The number of nitrogens with one attached hydrogen (secondary N) is 2. The predicted octanol–water partition coefficient (Wildman–Crippen LogP) is 3.25. The number of ether oxygens (including phenoxy) is 1. The lowest BCUT2D eigenvalue weighted by Crippen LogP contribution is -2.33. The Hall–Kier alpha value is -3.43. The number of aromatic nitrogens is 4. The Morgan fingerprint density at radius 2 is 2.14 bits per heavy atom. The van der Waals surface area contributed by atoms with Crippen LogP contribution in [0.3, 0.4) is 0 Å². The molecule has 0 spiro atoms. The number of halogens is 1. The second-order valence-electron chi connectivity index (χ2n) is 6.28. The van der Waals surface area contributed by atoms with Crippen molar-refractivity contribution in [3.05, 3.63) is 51.8 Å². The Morgan fingerprint density at radius 3 is 2.90 bits per heavy atom. The molecule has 0 bridgehead atoms. The molecule has 148 valence electrons. The number of aromatic amines is 2. The maximum Gasteiger partial charge on any atom is 0.414 e. The van der Waals surface area contributed by atoms with Crippen LogP contribution in [-0.4, -0.2) is 51.6 Å². The van der Waals surface area contributed by atoms with E-state index in [-0.39, 0.29) is 24.7 Å². The summed E-state index contributed by atoms with van der Waals surface area (Å²) in [6, 6.07) is 10.4. The normalized spacial score (nSPS) is 11.2. The largest absolute Gasteiger partial charge is 0.465 e. The van der Waals surface area contributed by atoms with Crippen molar-refractivity contribution < 1.29 is 14.6 Å². The zero-order chi connectivity index (χ0) is 20.5. The summed E-state index contributed by atoms with van der Waals surface area (Å²) in [7, 11) is 1.50. The van der Waals surface area contributed by atoms with Gasteiger partial charge in [0.1, 0.15) is 5.69 Å². The fourth-order valence-electron chi connectivity index (χ4n) is 3.13. The lowest BCUT2D eigenvalue weighted by molar-refractivity contribution is 0.186. The number of fused-ring (bicyclic) bond motifs is 2. The molecule has 0 saturated heterocycles. The summed E-state index contributed by atoms with van der Waals surface area (Å²) in [6.45, 7) is 0.376. The van der Waals surface area contributed by atoms with Crippen molar-refractivity contribution in [2.24, 2.45) is 0 Å². The first kappa shape index (κ1) is 18.9. The topological polar surface area (TPSA) is 124 Å². The third kappa shape index (κ3) is 3.41. The number of carbonyl (C=O) groups is 1. The quantitative estimate of drug-likeness (QED) is 0.461. The minimum Gasteiger partial charge on any atom is -0.465 e. The molecule has 0 saturated carbocycles. The first-order chi connectivity index (χ1) is 14.0. The number of anilines is 1. The van der Waals surface area contributed by atoms with Crippen molar-refractivity contribution >= 4 is 45.4 Å². The smallest absolute Gasteiger partial charge is 0.414 e. The number of benzene rings is 2. The average Bonchev–Trinajstić information content (AvgIpc) is 3.12. The first-order valence-electron chi connectivity index (χ1n) is 8.66. The molecule has 0 fully saturated rings. The molecule has 4 rings (SSSR count). The van der Waals surface area contributed by atoms with E-state index >= 15 is 0 Å². The SMILES string of the molecule is COCCN(C(=O)O)c1nc2ccc(-c3n[nH]c(=O)c4cccc(Cl)c34)cc2[nH]1. The number of carboxylic acid groups (broad SMARTS) is 1. The van der Waals surface area contributed by atoms with Crippen molar-refractivity contribution in [1.29, 1.82) is 0 Å². The molecule has 1 amide bonds. The van der Waals surface area contributed by atoms with Gasteiger partial charge in [0.2, 0.25) is 5.95 Å². The van der Waals surface area contributed by atoms with E-state index in [4.69, 9.17) is 16.3 Å². The third-order valence-electron chi connectivity index (χ3n) is 4.51. The van der Waals surface area contributed by atoms with E-state index in [0.29, 0.717) is 38.1 Å². The van der Waals surface area contributed by atoms with Crippen LogP contribution in [0, 0.1) is 0 Å². The monoisotopic (exact) mass is 413 g/mol. The van der Waals surface area contributed by atoms with Gasteiger partial charge < -0.3 is 14.8 Å². The minimum absolute atomic E-state index is 0.139. The Labute approximate surface area is 168 Å². The zero-order valence-electron chi connectivity index (χ0n) is 15.3. The lowest BCUT2D eigenvalue weighted by Gasteiger charge is -2.14. The predicted molar refractivity (Wildman–Crippen MR) is 110 cm³/mol. The van der Waals surface area contributed by atoms with Crippen LogP contribution in [0.2, 0.25) is 5.02 Å². The summed E-state index contributed by atoms with van der Waals surface area (Å²) in [6.07, 6.45) is -1.14. The molecule has 2 heterocycles. The highest BCUT2D eigenvalue weighted by molar-refractivity contribution is 6.36. The lowest BCUT2D eigenvalue weighted by atomic mass is 10.0. The summed E-state index contributed by atoms with van der Waals surface area (Å²) in [5.41, 5.74) is 2.09. The molecule has 0 atom stereocenters. The van der Waals surface area contributed by atoms with Crippen LogP contribution in [0.25, 0.3) is 33.1 Å². The standard InChI is InChI=1S/C19H16ClN5O4/c1-29-8-7-25(19(27)28)18-21-13-6-5-10(9-14(13)22-18)16-15-11(17(26)24-23-16)3-2-4-12(15)20/h2-6,9H,7-8H2,1H3,(H,21,22)(H,24,26)(H,27,28). The van der Waals surface area contributed by atoms with Gasteiger partial charge in [-0.25, -0.2) is 19.8 Å². The summed E-state index contributed by atoms with van der Waals surface area (Å²) in [4.78, 5) is 32.1. The average molecular weight is 414 g/mol. The van der Waals surface area contributed by atoms with Gasteiger partial charge in [-0.2, -0.15) is 5.10 Å². The van der Waals surface area contributed by atoms with Crippen LogP contribution in [0.15, 0.2) is 41.2 Å². The van der Waals surface area contributed by atoms with E-state index in [0.717, 1.165) is 4.90 Å². The van der Waals surface area contributed by atoms with Crippen molar-refractivity contribution in [3.63, 3.8) is 0 Å². The fraction of sp³-hybridized carbons (Fsp3) is 0.158. The minimum atomic E-state index is -1.14. The molecule has 2 aromatic heterocycles. The summed E-state index contributed by atoms with van der Waals surface area (Å²) in [5.74, 6) is 0.194. The zero-order valence-corrected chi connectivity index (χ0v) is 16.0. The number of methoxy groups -OCH3 is 1. The van der Waals surface area contributed by atoms with Gasteiger partial charge in [0, 0.05) is 18.1 Å². The fourth-order valence-corrected chi connectivity index (χ4v) is 3.40. The van der Waals surface area contributed by atoms with E-state index in [9.17, 15) is 14.7 Å². The molecule has 29 heavy (non-hydrogen) atoms. The highest BCUT2D eigenvalue weighted by Gasteiger charge is 2.19. The molecule has 9 nitrogen and oxygen atoms in total. The molecular formula is C19H16ClN5O4. The van der Waals surface area contributed by atoms with Crippen LogP contribution in [0.4, 0.5) is 10.7 Å². The molecule has 0 radical (unpaired) electrons. The maximum absolute atomic E-state index is 12.1. The second kappa shape index (κ2) is 7.53. The van der Waals surface area contributed by atoms with Crippen molar-refractivity contribution in [3.8, 4) is 11.3 Å². The Bertz CT molecular complexity index is 1280. The van der Waals surface area contributed by atoms with Crippen LogP contribution >= 0.6 is 11.6 Å². The van der Waals surface area contributed by atoms with E-state index in [1.165, 1.54) is 7.11 Å². The maximum atomic E-state index is 12.1. The van der Waals surface area contributed by atoms with Gasteiger partial charge in [-0.05, 0) is 24.3 Å². The van der Waals surface area contributed by atoms with Gasteiger partial charge in [-0.15, -0.1) is 0 Å². The van der Waals surface area contributed by atoms with E-state index in [1.54, 1.807) is 36.4 Å². The number of rotatable bonds is 5. The Kier molecular flexibility index (Phi) is 4.91. The molecular weight excluding hydrogens is 398 g/mol. The van der Waals surface area contributed by atoms with Gasteiger partial charge >= 0.3 is 6.09 Å². The Morgan fingerprint density at radius 1 is 1.31 bits per heavy atom. The van der Waals surface area contributed by atoms with Crippen LogP contribution in [0.1, 0.15) is 0 Å². The van der Waals surface area contributed by atoms with Crippen LogP contribution in [-0.2, 0) is 4.74 Å². The number of imidazole rings is 1. The summed E-state index contributed by atoms with van der Waals surface area (Å²) in [5, 5.41) is 17.5. The van der Waals surface area contributed by atoms with Crippen molar-refractivity contribution in [2.45, 2.75) is 0 Å². The number of hydrogen-bond donors (Lipinski definition) is 3. The number of hydrogen-bond acceptors (Lipinski definition) is 5. The van der Waals surface area contributed by atoms with Gasteiger partial charge in [0.15, 0.2) is 0 Å². The van der Waals surface area contributed by atoms with Gasteiger partial charge in [0.25, 0.3) is 5.56 Å².